The van der Waals surface area contributed by atoms with E-state index in [9.17, 15) is 39.0 Å². The molecule has 12 heteroatoms. The Hall–Kier alpha value is -6.30. The molecule has 0 atom stereocenters. The first kappa shape index (κ1) is 31.6. The van der Waals surface area contributed by atoms with Crippen molar-refractivity contribution in [1.29, 1.82) is 0 Å². The minimum absolute atomic E-state index is 0.0467. The zero-order valence-electron chi connectivity index (χ0n) is 24.0. The number of hydrogen-bond donors (Lipinski definition) is 4. The second kappa shape index (κ2) is 13.8. The third kappa shape index (κ3) is 8.38. The molecule has 0 aliphatic heterocycles. The van der Waals surface area contributed by atoms with Gasteiger partial charge in [0.1, 0.15) is 11.5 Å². The predicted octanol–water partition coefficient (Wildman–Crippen LogP) is 5.03. The summed E-state index contributed by atoms with van der Waals surface area (Å²) in [6.45, 7) is 2.49. The number of ether oxygens (including phenoxy) is 2. The first-order valence-corrected chi connectivity index (χ1v) is 13.3. The van der Waals surface area contributed by atoms with Gasteiger partial charge < -0.3 is 30.3 Å². The van der Waals surface area contributed by atoms with Gasteiger partial charge in [0.15, 0.2) is 0 Å². The molecular formula is C33H26N2O10. The maximum absolute atomic E-state index is 12.7. The van der Waals surface area contributed by atoms with E-state index in [0.29, 0.717) is 11.1 Å². The molecule has 12 nitrogen and oxygen atoms in total. The van der Waals surface area contributed by atoms with Gasteiger partial charge in [0.05, 0.1) is 22.5 Å². The predicted molar refractivity (Wildman–Crippen MR) is 161 cm³/mol. The number of rotatable bonds is 10. The number of carboxylic acids is 2. The van der Waals surface area contributed by atoms with E-state index in [2.05, 4.69) is 10.6 Å². The average Bonchev–Trinajstić information content (AvgIpc) is 2.98. The van der Waals surface area contributed by atoms with E-state index in [1.165, 1.54) is 86.6 Å². The highest BCUT2D eigenvalue weighted by Gasteiger charge is 2.18. The lowest BCUT2D eigenvalue weighted by Gasteiger charge is -2.13. The van der Waals surface area contributed by atoms with Crippen molar-refractivity contribution in [1.82, 2.24) is 0 Å². The molecular weight excluding hydrogens is 584 g/mol. The molecule has 0 fully saturated rings. The fourth-order valence-corrected chi connectivity index (χ4v) is 4.28. The Kier molecular flexibility index (Phi) is 9.69. The largest absolute Gasteiger partial charge is 0.478 e. The Labute approximate surface area is 256 Å². The summed E-state index contributed by atoms with van der Waals surface area (Å²) in [7, 11) is 0. The highest BCUT2D eigenvalue weighted by molar-refractivity contribution is 6.08. The van der Waals surface area contributed by atoms with Crippen LogP contribution < -0.4 is 20.1 Å². The number of carbonyl (C=O) groups is 6. The third-order valence-electron chi connectivity index (χ3n) is 6.29. The van der Waals surface area contributed by atoms with Gasteiger partial charge in [-0.1, -0.05) is 12.1 Å². The van der Waals surface area contributed by atoms with Crippen LogP contribution in [0.25, 0.3) is 0 Å². The maximum atomic E-state index is 12.7. The smallest absolute Gasteiger partial charge is 0.337 e. The molecule has 4 rings (SSSR count). The Morgan fingerprint density at radius 3 is 1.22 bits per heavy atom. The molecule has 2 amide bonds. The van der Waals surface area contributed by atoms with Crippen LogP contribution in [0.4, 0.5) is 11.4 Å². The summed E-state index contributed by atoms with van der Waals surface area (Å²) in [5.41, 5.74) is 1.20. The van der Waals surface area contributed by atoms with Crippen LogP contribution in [0.2, 0.25) is 0 Å². The lowest BCUT2D eigenvalue weighted by Crippen LogP contribution is -2.15. The van der Waals surface area contributed by atoms with Gasteiger partial charge in [-0.25, -0.2) is 9.59 Å². The number of esters is 2. The highest BCUT2D eigenvalue weighted by Crippen LogP contribution is 2.25. The lowest BCUT2D eigenvalue weighted by molar-refractivity contribution is -0.132. The highest BCUT2D eigenvalue weighted by atomic mass is 16.5. The summed E-state index contributed by atoms with van der Waals surface area (Å²) in [6, 6.07) is 20.3. The van der Waals surface area contributed by atoms with Gasteiger partial charge in [-0.3, -0.25) is 19.2 Å². The van der Waals surface area contributed by atoms with Crippen LogP contribution in [0.1, 0.15) is 66.4 Å². The van der Waals surface area contributed by atoms with Crippen molar-refractivity contribution in [3.63, 3.8) is 0 Å². The lowest BCUT2D eigenvalue weighted by atomic mass is 9.99. The Balaban J connectivity index is 1.49. The number of nitrogens with one attached hydrogen (secondary N) is 2. The van der Waals surface area contributed by atoms with Gasteiger partial charge in [-0.2, -0.15) is 0 Å². The van der Waals surface area contributed by atoms with E-state index < -0.39 is 35.7 Å². The Morgan fingerprint density at radius 2 is 0.911 bits per heavy atom. The normalized spacial score (nSPS) is 10.4. The average molecular weight is 611 g/mol. The van der Waals surface area contributed by atoms with Gasteiger partial charge in [-0.05, 0) is 90.3 Å². The van der Waals surface area contributed by atoms with Crippen molar-refractivity contribution < 1.29 is 48.5 Å². The molecule has 0 aromatic heterocycles. The second-order valence-electron chi connectivity index (χ2n) is 9.69. The molecule has 0 bridgehead atoms. The quantitative estimate of drug-likeness (QED) is 0.140. The van der Waals surface area contributed by atoms with Gasteiger partial charge >= 0.3 is 23.9 Å². The summed E-state index contributed by atoms with van der Waals surface area (Å²) in [4.78, 5) is 71.7. The van der Waals surface area contributed by atoms with Crippen LogP contribution in [0, 0.1) is 0 Å². The summed E-state index contributed by atoms with van der Waals surface area (Å²) in [5, 5.41) is 24.7. The zero-order valence-corrected chi connectivity index (χ0v) is 24.0. The Bertz CT molecular complexity index is 1680. The van der Waals surface area contributed by atoms with Crippen molar-refractivity contribution in [2.24, 2.45) is 0 Å². The molecule has 4 aromatic rings. The van der Waals surface area contributed by atoms with Crippen molar-refractivity contribution >= 4 is 47.1 Å². The number of carbonyl (C=O) groups excluding carboxylic acids is 4. The molecule has 0 spiro atoms. The van der Waals surface area contributed by atoms with Crippen LogP contribution in [-0.2, 0) is 16.0 Å². The molecule has 228 valence electrons. The minimum atomic E-state index is -1.29. The summed E-state index contributed by atoms with van der Waals surface area (Å²) < 4.78 is 9.89. The van der Waals surface area contributed by atoms with Crippen molar-refractivity contribution in [2.75, 3.05) is 10.6 Å². The second-order valence-corrected chi connectivity index (χ2v) is 9.69. The van der Waals surface area contributed by atoms with E-state index >= 15 is 0 Å². The van der Waals surface area contributed by atoms with E-state index in [1.54, 1.807) is 12.1 Å². The molecule has 0 heterocycles. The van der Waals surface area contributed by atoms with Crippen LogP contribution in [-0.4, -0.2) is 45.9 Å². The van der Waals surface area contributed by atoms with Crippen molar-refractivity contribution in [3.8, 4) is 11.5 Å². The maximum Gasteiger partial charge on any atom is 0.337 e. The van der Waals surface area contributed by atoms with Gasteiger partial charge in [0, 0.05) is 25.0 Å². The van der Waals surface area contributed by atoms with Gasteiger partial charge in [-0.15, -0.1) is 0 Å². The van der Waals surface area contributed by atoms with Crippen LogP contribution in [0.5, 0.6) is 11.5 Å². The van der Waals surface area contributed by atoms with Crippen LogP contribution >= 0.6 is 0 Å². The number of carboxylic acid groups (broad SMARTS) is 2. The monoisotopic (exact) mass is 610 g/mol. The molecule has 0 saturated carbocycles. The molecule has 4 N–H and O–H groups in total. The molecule has 45 heavy (non-hydrogen) atoms. The fourth-order valence-electron chi connectivity index (χ4n) is 4.28. The zero-order chi connectivity index (χ0) is 32.7. The molecule has 0 radical (unpaired) electrons. The van der Waals surface area contributed by atoms with Crippen molar-refractivity contribution in [3.05, 3.63) is 118 Å². The Morgan fingerprint density at radius 1 is 0.556 bits per heavy atom. The molecule has 0 saturated heterocycles. The minimum Gasteiger partial charge on any atom is -0.478 e. The number of amides is 2. The van der Waals surface area contributed by atoms with Crippen LogP contribution in [0.3, 0.4) is 0 Å². The van der Waals surface area contributed by atoms with E-state index in [-0.39, 0.29) is 51.5 Å². The van der Waals surface area contributed by atoms with Crippen LogP contribution in [0.15, 0.2) is 84.9 Å². The van der Waals surface area contributed by atoms with Crippen molar-refractivity contribution in [2.45, 2.75) is 20.3 Å². The molecule has 0 aliphatic carbocycles. The number of aromatic carboxylic acids is 2. The van der Waals surface area contributed by atoms with E-state index in [1.807, 2.05) is 0 Å². The summed E-state index contributed by atoms with van der Waals surface area (Å²) in [6.07, 6.45) is 0.151. The van der Waals surface area contributed by atoms with E-state index in [0.717, 1.165) is 0 Å². The molecule has 0 unspecified atom stereocenters. The number of hydrogen-bond acceptors (Lipinski definition) is 8. The number of anilines is 2. The standard InChI is InChI=1S/C33H26N2O10/c1-18(36)44-24-9-5-22(6-10-24)30(38)34-28-13-3-20(16-26(28)32(40)41)15-21-4-14-29(27(17-21)33(42)43)35-31(39)23-7-11-25(12-8-23)45-19(2)37/h3-14,16-17H,15H2,1-2H3,(H,34,38)(H,35,39)(H,40,41)(H,42,43). The first-order valence-electron chi connectivity index (χ1n) is 13.3. The molecule has 0 aliphatic rings. The SMILES string of the molecule is CC(=O)Oc1ccc(C(=O)Nc2ccc(Cc3ccc(NC(=O)c4ccc(OC(C)=O)cc4)c(C(=O)O)c3)cc2C(=O)O)cc1. The first-order chi connectivity index (χ1) is 21.4. The van der Waals surface area contributed by atoms with E-state index in [4.69, 9.17) is 9.47 Å². The topological polar surface area (TPSA) is 185 Å². The fraction of sp³-hybridized carbons (Fsp3) is 0.0909. The third-order valence-corrected chi connectivity index (χ3v) is 6.29. The summed E-state index contributed by atoms with van der Waals surface area (Å²) >= 11 is 0. The summed E-state index contributed by atoms with van der Waals surface area (Å²) in [5.74, 6) is -4.26. The molecule has 4 aromatic carbocycles. The number of benzene rings is 4. The van der Waals surface area contributed by atoms with Gasteiger partial charge in [0.25, 0.3) is 11.8 Å². The van der Waals surface area contributed by atoms with Gasteiger partial charge in [0.2, 0.25) is 0 Å².